The van der Waals surface area contributed by atoms with Gasteiger partial charge in [0, 0.05) is 18.0 Å². The molecule has 0 spiro atoms. The molecule has 0 N–H and O–H groups in total. The minimum Gasteiger partial charge on any atom is -0.279 e. The van der Waals surface area contributed by atoms with Crippen LogP contribution in [0.2, 0.25) is 0 Å². The molecule has 2 aromatic carbocycles. The molecule has 2 heterocycles. The normalized spacial score (nSPS) is 10.9. The van der Waals surface area contributed by atoms with E-state index in [1.54, 1.807) is 41.6 Å². The zero-order valence-electron chi connectivity index (χ0n) is 14.6. The molecule has 0 atom stereocenters. The first-order valence-corrected chi connectivity index (χ1v) is 9.26. The number of aromatic nitrogens is 2. The number of pyridine rings is 1. The van der Waals surface area contributed by atoms with E-state index >= 15 is 0 Å². The van der Waals surface area contributed by atoms with Crippen molar-refractivity contribution in [3.8, 4) is 0 Å². The molecule has 134 valence electrons. The first-order chi connectivity index (χ1) is 13.1. The molecule has 0 saturated carbocycles. The van der Waals surface area contributed by atoms with E-state index in [-0.39, 0.29) is 17.2 Å². The summed E-state index contributed by atoms with van der Waals surface area (Å²) in [4.78, 5) is 23.3. The highest BCUT2D eigenvalue weighted by Gasteiger charge is 2.22. The Morgan fingerprint density at radius 1 is 1.11 bits per heavy atom. The van der Waals surface area contributed by atoms with Crippen LogP contribution in [0.5, 0.6) is 0 Å². The number of carbonyl (C=O) groups excluding carboxylic acids is 1. The van der Waals surface area contributed by atoms with Crippen LogP contribution in [0.3, 0.4) is 0 Å². The summed E-state index contributed by atoms with van der Waals surface area (Å²) < 4.78 is 14.8. The standard InChI is InChI=1S/C21H16FN3OS/c1-14-7-9-16(10-8-14)20(26)25(13-15-4-3-11-23-12-15)21-24-19-17(22)5-2-6-18(19)27-21/h2-12H,13H2,1H3. The van der Waals surface area contributed by atoms with Gasteiger partial charge in [0.05, 0.1) is 11.2 Å². The molecule has 0 aliphatic heterocycles. The highest BCUT2D eigenvalue weighted by Crippen LogP contribution is 2.32. The second-order valence-electron chi connectivity index (χ2n) is 6.20. The third-order valence-corrected chi connectivity index (χ3v) is 5.24. The van der Waals surface area contributed by atoms with Crippen molar-refractivity contribution < 1.29 is 9.18 Å². The van der Waals surface area contributed by atoms with Crippen molar-refractivity contribution in [2.24, 2.45) is 0 Å². The van der Waals surface area contributed by atoms with Gasteiger partial charge < -0.3 is 0 Å². The molecule has 1 amide bonds. The van der Waals surface area contributed by atoms with Gasteiger partial charge in [-0.2, -0.15) is 0 Å². The molecule has 0 bridgehead atoms. The van der Waals surface area contributed by atoms with Gasteiger partial charge in [-0.15, -0.1) is 0 Å². The van der Waals surface area contributed by atoms with Crippen LogP contribution in [0, 0.1) is 12.7 Å². The van der Waals surface area contributed by atoms with E-state index in [1.165, 1.54) is 17.4 Å². The number of thiazole rings is 1. The molecule has 0 radical (unpaired) electrons. The lowest BCUT2D eigenvalue weighted by atomic mass is 10.1. The number of nitrogens with zero attached hydrogens (tertiary/aromatic N) is 3. The average Bonchev–Trinajstić information content (AvgIpc) is 3.12. The molecular formula is C21H16FN3OS. The van der Waals surface area contributed by atoms with Crippen LogP contribution in [0.25, 0.3) is 10.2 Å². The summed E-state index contributed by atoms with van der Waals surface area (Å²) >= 11 is 1.30. The molecule has 0 unspecified atom stereocenters. The summed E-state index contributed by atoms with van der Waals surface area (Å²) in [5, 5.41) is 0.463. The van der Waals surface area contributed by atoms with Crippen molar-refractivity contribution in [2.75, 3.05) is 4.90 Å². The van der Waals surface area contributed by atoms with Crippen molar-refractivity contribution in [3.05, 3.63) is 89.5 Å². The molecule has 0 aliphatic carbocycles. The molecule has 4 aromatic rings. The van der Waals surface area contributed by atoms with Crippen LogP contribution < -0.4 is 4.90 Å². The monoisotopic (exact) mass is 377 g/mol. The lowest BCUT2D eigenvalue weighted by molar-refractivity contribution is 0.0985. The number of benzene rings is 2. The van der Waals surface area contributed by atoms with E-state index in [0.717, 1.165) is 11.1 Å². The molecule has 0 fully saturated rings. The molecule has 2 aromatic heterocycles. The zero-order valence-corrected chi connectivity index (χ0v) is 15.4. The van der Waals surface area contributed by atoms with Crippen LogP contribution in [-0.2, 0) is 6.54 Å². The maximum atomic E-state index is 14.1. The van der Waals surface area contributed by atoms with E-state index in [0.29, 0.717) is 21.9 Å². The van der Waals surface area contributed by atoms with Gasteiger partial charge >= 0.3 is 0 Å². The number of hydrogen-bond donors (Lipinski definition) is 0. The fourth-order valence-corrected chi connectivity index (χ4v) is 3.75. The summed E-state index contributed by atoms with van der Waals surface area (Å²) in [5.74, 6) is -0.572. The van der Waals surface area contributed by atoms with Crippen LogP contribution in [0.1, 0.15) is 21.5 Å². The topological polar surface area (TPSA) is 46.1 Å². The van der Waals surface area contributed by atoms with Crippen molar-refractivity contribution in [1.82, 2.24) is 9.97 Å². The second-order valence-corrected chi connectivity index (χ2v) is 7.21. The fraction of sp³-hybridized carbons (Fsp3) is 0.0952. The van der Waals surface area contributed by atoms with Crippen molar-refractivity contribution in [2.45, 2.75) is 13.5 Å². The maximum Gasteiger partial charge on any atom is 0.260 e. The van der Waals surface area contributed by atoms with E-state index < -0.39 is 0 Å². The second kappa shape index (κ2) is 7.25. The van der Waals surface area contributed by atoms with Gasteiger partial charge in [0.15, 0.2) is 5.13 Å². The zero-order chi connectivity index (χ0) is 18.8. The predicted molar refractivity (Wildman–Crippen MR) is 106 cm³/mol. The van der Waals surface area contributed by atoms with E-state index in [2.05, 4.69) is 9.97 Å². The Kier molecular flexibility index (Phi) is 4.64. The van der Waals surface area contributed by atoms with Gasteiger partial charge in [-0.1, -0.05) is 41.2 Å². The predicted octanol–water partition coefficient (Wildman–Crippen LogP) is 4.99. The molecular weight excluding hydrogens is 361 g/mol. The van der Waals surface area contributed by atoms with Crippen LogP contribution in [-0.4, -0.2) is 15.9 Å². The Hall–Kier alpha value is -3.12. The number of rotatable bonds is 4. The van der Waals surface area contributed by atoms with Gasteiger partial charge in [0.1, 0.15) is 11.3 Å². The average molecular weight is 377 g/mol. The van der Waals surface area contributed by atoms with Crippen molar-refractivity contribution >= 4 is 32.6 Å². The Balaban J connectivity index is 1.78. The van der Waals surface area contributed by atoms with Crippen LogP contribution >= 0.6 is 11.3 Å². The van der Waals surface area contributed by atoms with Gasteiger partial charge in [0.2, 0.25) is 0 Å². The van der Waals surface area contributed by atoms with Gasteiger partial charge in [-0.05, 0) is 42.8 Å². The van der Waals surface area contributed by atoms with E-state index in [4.69, 9.17) is 0 Å². The summed E-state index contributed by atoms with van der Waals surface area (Å²) in [6, 6.07) is 15.9. The summed E-state index contributed by atoms with van der Waals surface area (Å²) in [7, 11) is 0. The third-order valence-electron chi connectivity index (χ3n) is 4.20. The molecule has 4 rings (SSSR count). The minimum absolute atomic E-state index is 0.182. The first-order valence-electron chi connectivity index (χ1n) is 8.44. The molecule has 27 heavy (non-hydrogen) atoms. The lowest BCUT2D eigenvalue weighted by Crippen LogP contribution is -2.30. The van der Waals surface area contributed by atoms with Crippen molar-refractivity contribution in [1.29, 1.82) is 0 Å². The Morgan fingerprint density at radius 2 is 1.93 bits per heavy atom. The molecule has 0 aliphatic rings. The van der Waals surface area contributed by atoms with Gasteiger partial charge in [-0.25, -0.2) is 9.37 Å². The smallest absolute Gasteiger partial charge is 0.260 e. The highest BCUT2D eigenvalue weighted by atomic mass is 32.1. The SMILES string of the molecule is Cc1ccc(C(=O)N(Cc2cccnc2)c2nc3c(F)cccc3s2)cc1. The van der Waals surface area contributed by atoms with Crippen molar-refractivity contribution in [3.63, 3.8) is 0 Å². The summed E-state index contributed by atoms with van der Waals surface area (Å²) in [6.45, 7) is 2.28. The summed E-state index contributed by atoms with van der Waals surface area (Å²) in [5.41, 5.74) is 2.79. The Morgan fingerprint density at radius 3 is 2.63 bits per heavy atom. The number of fused-ring (bicyclic) bond motifs is 1. The fourth-order valence-electron chi connectivity index (χ4n) is 2.77. The number of aryl methyl sites for hydroxylation is 1. The first kappa shape index (κ1) is 17.3. The highest BCUT2D eigenvalue weighted by molar-refractivity contribution is 7.22. The van der Waals surface area contributed by atoms with Gasteiger partial charge in [-0.3, -0.25) is 14.7 Å². The Labute approximate surface area is 159 Å². The molecule has 0 saturated heterocycles. The van der Waals surface area contributed by atoms with Gasteiger partial charge in [0.25, 0.3) is 5.91 Å². The number of carbonyl (C=O) groups is 1. The number of amides is 1. The Bertz CT molecular complexity index is 1090. The number of hydrogen-bond acceptors (Lipinski definition) is 4. The minimum atomic E-state index is -0.390. The summed E-state index contributed by atoms with van der Waals surface area (Å²) in [6.07, 6.45) is 3.39. The number of anilines is 1. The number of halogens is 1. The van der Waals surface area contributed by atoms with Crippen LogP contribution in [0.4, 0.5) is 9.52 Å². The third kappa shape index (κ3) is 3.57. The lowest BCUT2D eigenvalue weighted by Gasteiger charge is -2.20. The quantitative estimate of drug-likeness (QED) is 0.504. The van der Waals surface area contributed by atoms with E-state index in [1.807, 2.05) is 31.2 Å². The molecule has 4 nitrogen and oxygen atoms in total. The number of para-hydroxylation sites is 1. The molecule has 6 heteroatoms. The maximum absolute atomic E-state index is 14.1. The van der Waals surface area contributed by atoms with E-state index in [9.17, 15) is 9.18 Å². The van der Waals surface area contributed by atoms with Crippen LogP contribution in [0.15, 0.2) is 67.0 Å². The largest absolute Gasteiger partial charge is 0.279 e.